The van der Waals surface area contributed by atoms with E-state index in [9.17, 15) is 9.59 Å². The summed E-state index contributed by atoms with van der Waals surface area (Å²) in [4.78, 5) is 31.0. The van der Waals surface area contributed by atoms with Crippen molar-refractivity contribution in [3.8, 4) is 0 Å². The lowest BCUT2D eigenvalue weighted by Gasteiger charge is -2.00. The zero-order valence-electron chi connectivity index (χ0n) is 11.4. The summed E-state index contributed by atoms with van der Waals surface area (Å²) >= 11 is 0. The van der Waals surface area contributed by atoms with Crippen LogP contribution in [0.5, 0.6) is 0 Å². The van der Waals surface area contributed by atoms with E-state index in [0.717, 1.165) is 10.9 Å². The van der Waals surface area contributed by atoms with Crippen molar-refractivity contribution in [3.63, 3.8) is 0 Å². The van der Waals surface area contributed by atoms with Gasteiger partial charge in [0.15, 0.2) is 5.82 Å². The van der Waals surface area contributed by atoms with Crippen LogP contribution in [0, 0.1) is 0 Å². The third-order valence-corrected chi connectivity index (χ3v) is 3.06. The molecule has 1 aromatic rings. The first kappa shape index (κ1) is 13.7. The number of primary amides is 1. The van der Waals surface area contributed by atoms with Gasteiger partial charge in [-0.2, -0.15) is 0 Å². The van der Waals surface area contributed by atoms with Crippen molar-refractivity contribution in [1.82, 2.24) is 4.98 Å². The number of pyridine rings is 1. The molecule has 6 heteroatoms. The topological polar surface area (TPSA) is 94.6 Å². The van der Waals surface area contributed by atoms with Gasteiger partial charge in [-0.15, -0.1) is 0 Å². The number of nitrogens with two attached hydrogens (primary N) is 1. The standard InChI is InChI=1S/C16H11N3O3/c17-16(21)22-15(20)12-9-18-14-11(12)8-10-6-4-2-1-3-5-7-13(10)19-14/h1-9H,(H2,17,21). The Hall–Kier alpha value is -3.28. The Labute approximate surface area is 125 Å². The molecule has 2 heterocycles. The number of hydrogen-bond acceptors (Lipinski definition) is 5. The Balaban J connectivity index is 2.19. The lowest BCUT2D eigenvalue weighted by Crippen LogP contribution is -2.24. The summed E-state index contributed by atoms with van der Waals surface area (Å²) in [5.41, 5.74) is 5.84. The second-order valence-corrected chi connectivity index (χ2v) is 4.51. The van der Waals surface area contributed by atoms with Crippen molar-refractivity contribution in [2.24, 2.45) is 10.7 Å². The minimum Gasteiger partial charge on any atom is -0.373 e. The van der Waals surface area contributed by atoms with Gasteiger partial charge in [0.25, 0.3) is 0 Å². The molecule has 1 aliphatic heterocycles. The number of hydrogen-bond donors (Lipinski definition) is 1. The zero-order chi connectivity index (χ0) is 15.5. The molecule has 0 aromatic carbocycles. The van der Waals surface area contributed by atoms with E-state index in [1.54, 1.807) is 6.07 Å². The van der Waals surface area contributed by atoms with E-state index in [-0.39, 0.29) is 5.57 Å². The van der Waals surface area contributed by atoms with E-state index in [4.69, 9.17) is 5.73 Å². The van der Waals surface area contributed by atoms with Crippen LogP contribution in [-0.2, 0) is 9.53 Å². The molecule has 0 spiro atoms. The second kappa shape index (κ2) is 5.61. The van der Waals surface area contributed by atoms with E-state index < -0.39 is 12.1 Å². The molecule has 22 heavy (non-hydrogen) atoms. The highest BCUT2D eigenvalue weighted by Crippen LogP contribution is 2.11. The molecule has 1 aliphatic carbocycles. The highest BCUT2D eigenvalue weighted by Gasteiger charge is 2.19. The summed E-state index contributed by atoms with van der Waals surface area (Å²) in [6, 6.07) is 1.78. The Morgan fingerprint density at radius 3 is 2.68 bits per heavy atom. The number of ether oxygens (including phenoxy) is 1. The van der Waals surface area contributed by atoms with Gasteiger partial charge in [-0.25, -0.2) is 19.6 Å². The lowest BCUT2D eigenvalue weighted by molar-refractivity contribution is -0.130. The van der Waals surface area contributed by atoms with Crippen LogP contribution in [0.4, 0.5) is 10.6 Å². The van der Waals surface area contributed by atoms with Crippen molar-refractivity contribution in [3.05, 3.63) is 52.6 Å². The van der Waals surface area contributed by atoms with Crippen LogP contribution in [0.15, 0.2) is 41.4 Å². The van der Waals surface area contributed by atoms with E-state index in [0.29, 0.717) is 11.0 Å². The van der Waals surface area contributed by atoms with Crippen LogP contribution < -0.4 is 16.3 Å². The van der Waals surface area contributed by atoms with Crippen LogP contribution in [0.3, 0.4) is 0 Å². The molecule has 0 radical (unpaired) electrons. The van der Waals surface area contributed by atoms with E-state index in [2.05, 4.69) is 14.7 Å². The highest BCUT2D eigenvalue weighted by atomic mass is 16.6. The van der Waals surface area contributed by atoms with Crippen LogP contribution in [0.1, 0.15) is 5.56 Å². The Kier molecular flexibility index (Phi) is 3.49. The third-order valence-electron chi connectivity index (χ3n) is 3.06. The molecule has 0 unspecified atom stereocenters. The quantitative estimate of drug-likeness (QED) is 0.602. The second-order valence-electron chi connectivity index (χ2n) is 4.51. The van der Waals surface area contributed by atoms with Crippen molar-refractivity contribution >= 4 is 41.8 Å². The SMILES string of the molecule is NC(=O)OC(=O)C1=c2cc3c(nc2N=C1)=CC=CC=CC=C3. The molecule has 0 fully saturated rings. The van der Waals surface area contributed by atoms with Gasteiger partial charge in [-0.1, -0.05) is 36.5 Å². The normalized spacial score (nSPS) is 14.5. The van der Waals surface area contributed by atoms with Crippen LogP contribution in [-0.4, -0.2) is 23.3 Å². The maximum atomic E-state index is 11.8. The van der Waals surface area contributed by atoms with E-state index in [1.807, 2.05) is 42.5 Å². The molecule has 3 rings (SSSR count). The Morgan fingerprint density at radius 1 is 1.09 bits per heavy atom. The van der Waals surface area contributed by atoms with Crippen LogP contribution in [0.2, 0.25) is 0 Å². The van der Waals surface area contributed by atoms with Crippen LogP contribution >= 0.6 is 0 Å². The van der Waals surface area contributed by atoms with Gasteiger partial charge in [0, 0.05) is 17.0 Å². The summed E-state index contributed by atoms with van der Waals surface area (Å²) in [5, 5.41) is 1.24. The minimum absolute atomic E-state index is 0.156. The molecule has 2 N–H and O–H groups in total. The van der Waals surface area contributed by atoms with Crippen LogP contribution in [0.25, 0.3) is 17.7 Å². The lowest BCUT2D eigenvalue weighted by atomic mass is 10.1. The highest BCUT2D eigenvalue weighted by molar-refractivity contribution is 6.35. The number of amides is 1. The summed E-state index contributed by atoms with van der Waals surface area (Å²) in [7, 11) is 0. The predicted octanol–water partition coefficient (Wildman–Crippen LogP) is 0.490. The van der Waals surface area contributed by atoms with Gasteiger partial charge in [0.2, 0.25) is 0 Å². The number of rotatable bonds is 1. The Morgan fingerprint density at radius 2 is 1.86 bits per heavy atom. The number of fused-ring (bicyclic) bond motifs is 2. The molecule has 0 saturated heterocycles. The summed E-state index contributed by atoms with van der Waals surface area (Å²) in [6.45, 7) is 0. The maximum Gasteiger partial charge on any atom is 0.412 e. The van der Waals surface area contributed by atoms with Crippen molar-refractivity contribution < 1.29 is 14.3 Å². The molecule has 1 amide bonds. The fourth-order valence-electron chi connectivity index (χ4n) is 2.10. The molecule has 108 valence electrons. The molecule has 0 bridgehead atoms. The number of aromatic nitrogens is 1. The third kappa shape index (κ3) is 2.62. The van der Waals surface area contributed by atoms with Gasteiger partial charge in [0.05, 0.1) is 10.9 Å². The zero-order valence-corrected chi connectivity index (χ0v) is 11.4. The summed E-state index contributed by atoms with van der Waals surface area (Å²) in [5.74, 6) is -0.437. The monoisotopic (exact) mass is 293 g/mol. The van der Waals surface area contributed by atoms with Gasteiger partial charge in [-0.3, -0.25) is 0 Å². The predicted molar refractivity (Wildman–Crippen MR) is 82.5 cm³/mol. The molecule has 1 aromatic heterocycles. The molecule has 0 atom stereocenters. The molecule has 0 saturated carbocycles. The van der Waals surface area contributed by atoms with Gasteiger partial charge in [0.1, 0.15) is 0 Å². The van der Waals surface area contributed by atoms with E-state index in [1.165, 1.54) is 6.21 Å². The largest absolute Gasteiger partial charge is 0.412 e. The smallest absolute Gasteiger partial charge is 0.373 e. The molecular weight excluding hydrogens is 282 g/mol. The number of nitrogens with zero attached hydrogens (tertiary/aromatic N) is 2. The molecule has 6 nitrogen and oxygen atoms in total. The van der Waals surface area contributed by atoms with Gasteiger partial charge < -0.3 is 10.5 Å². The summed E-state index contributed by atoms with van der Waals surface area (Å²) in [6.07, 6.45) is 13.3. The average Bonchev–Trinajstić information content (AvgIpc) is 2.91. The average molecular weight is 293 g/mol. The maximum absolute atomic E-state index is 11.8. The summed E-state index contributed by atoms with van der Waals surface area (Å²) < 4.78 is 4.40. The van der Waals surface area contributed by atoms with Crippen molar-refractivity contribution in [2.75, 3.05) is 0 Å². The first-order chi connectivity index (χ1) is 10.6. The number of carbonyl (C=O) groups excluding carboxylic acids is 2. The van der Waals surface area contributed by atoms with Gasteiger partial charge >= 0.3 is 12.1 Å². The number of esters is 1. The molecule has 2 aliphatic rings. The number of carbonyl (C=O) groups is 2. The Bertz CT molecular complexity index is 905. The minimum atomic E-state index is -1.15. The first-order valence-electron chi connectivity index (χ1n) is 6.48. The fraction of sp³-hybridized carbons (Fsp3) is 0. The number of aliphatic imine (C=N–C) groups is 1. The molecular formula is C16H11N3O3. The van der Waals surface area contributed by atoms with Gasteiger partial charge in [-0.05, 0) is 12.1 Å². The number of allylic oxidation sites excluding steroid dienone is 5. The van der Waals surface area contributed by atoms with Crippen molar-refractivity contribution in [1.29, 1.82) is 0 Å². The van der Waals surface area contributed by atoms with E-state index >= 15 is 0 Å². The van der Waals surface area contributed by atoms with Crippen molar-refractivity contribution in [2.45, 2.75) is 0 Å². The fourth-order valence-corrected chi connectivity index (χ4v) is 2.10. The first-order valence-corrected chi connectivity index (χ1v) is 6.48.